The Hall–Kier alpha value is -2.44. The van der Waals surface area contributed by atoms with E-state index >= 15 is 0 Å². The summed E-state index contributed by atoms with van der Waals surface area (Å²) in [7, 11) is 0. The molecular weight excluding hydrogens is 328 g/mol. The Bertz CT molecular complexity index is 854. The standard InChI is InChI=1S/C20H24N4O2/c25-14-15-5-7-16(8-6-15)18-13-22-20-10-9-19(23-24(18)20)21-11-12-26-17-3-1-2-4-17/h5-10,13,17,25H,1-4,11-12,14H2,(H,21,23). The van der Waals surface area contributed by atoms with E-state index in [1.165, 1.54) is 25.7 Å². The molecule has 6 heteroatoms. The van der Waals surface area contributed by atoms with E-state index in [1.54, 1.807) is 0 Å². The summed E-state index contributed by atoms with van der Waals surface area (Å²) in [6.45, 7) is 1.48. The van der Waals surface area contributed by atoms with Crippen molar-refractivity contribution in [3.63, 3.8) is 0 Å². The molecule has 1 aliphatic carbocycles. The van der Waals surface area contributed by atoms with E-state index in [9.17, 15) is 5.11 Å². The molecule has 1 saturated carbocycles. The second-order valence-electron chi connectivity index (χ2n) is 6.69. The second-order valence-corrected chi connectivity index (χ2v) is 6.69. The van der Waals surface area contributed by atoms with Crippen molar-refractivity contribution in [1.29, 1.82) is 0 Å². The van der Waals surface area contributed by atoms with Gasteiger partial charge in [0.25, 0.3) is 0 Å². The number of aliphatic hydroxyl groups is 1. The summed E-state index contributed by atoms with van der Waals surface area (Å²) in [6, 6.07) is 11.7. The quantitative estimate of drug-likeness (QED) is 0.639. The zero-order valence-corrected chi connectivity index (χ0v) is 14.8. The lowest BCUT2D eigenvalue weighted by Gasteiger charge is -2.12. The van der Waals surface area contributed by atoms with Gasteiger partial charge in [-0.15, -0.1) is 5.10 Å². The summed E-state index contributed by atoms with van der Waals surface area (Å²) < 4.78 is 7.72. The van der Waals surface area contributed by atoms with Gasteiger partial charge < -0.3 is 15.2 Å². The fourth-order valence-corrected chi connectivity index (χ4v) is 3.41. The number of aliphatic hydroxyl groups excluding tert-OH is 1. The summed E-state index contributed by atoms with van der Waals surface area (Å²) in [5.74, 6) is 0.804. The van der Waals surface area contributed by atoms with Gasteiger partial charge in [0.15, 0.2) is 5.65 Å². The smallest absolute Gasteiger partial charge is 0.154 e. The molecule has 3 aromatic rings. The first-order valence-electron chi connectivity index (χ1n) is 9.24. The molecule has 0 atom stereocenters. The molecule has 4 rings (SSSR count). The van der Waals surface area contributed by atoms with Crippen molar-refractivity contribution >= 4 is 11.5 Å². The molecule has 0 bridgehead atoms. The molecule has 2 aromatic heterocycles. The fraction of sp³-hybridized carbons (Fsp3) is 0.400. The van der Waals surface area contributed by atoms with E-state index in [-0.39, 0.29) is 6.61 Å². The highest BCUT2D eigenvalue weighted by atomic mass is 16.5. The van der Waals surface area contributed by atoms with E-state index in [0.29, 0.717) is 12.7 Å². The summed E-state index contributed by atoms with van der Waals surface area (Å²) in [4.78, 5) is 4.43. The Morgan fingerprint density at radius 1 is 1.12 bits per heavy atom. The molecule has 6 nitrogen and oxygen atoms in total. The Morgan fingerprint density at radius 3 is 2.69 bits per heavy atom. The number of hydrogen-bond donors (Lipinski definition) is 2. The Morgan fingerprint density at radius 2 is 1.92 bits per heavy atom. The van der Waals surface area contributed by atoms with Gasteiger partial charge in [-0.05, 0) is 30.5 Å². The highest BCUT2D eigenvalue weighted by molar-refractivity contribution is 5.63. The molecule has 0 saturated heterocycles. The average molecular weight is 352 g/mol. The summed E-state index contributed by atoms with van der Waals surface area (Å²) >= 11 is 0. The van der Waals surface area contributed by atoms with Crippen LogP contribution in [0.2, 0.25) is 0 Å². The molecular formula is C20H24N4O2. The van der Waals surface area contributed by atoms with Crippen molar-refractivity contribution in [1.82, 2.24) is 14.6 Å². The third kappa shape index (κ3) is 3.71. The third-order valence-corrected chi connectivity index (χ3v) is 4.86. The van der Waals surface area contributed by atoms with Gasteiger partial charge in [-0.1, -0.05) is 37.1 Å². The first-order chi connectivity index (χ1) is 12.8. The van der Waals surface area contributed by atoms with Gasteiger partial charge in [0.1, 0.15) is 5.82 Å². The summed E-state index contributed by atoms with van der Waals surface area (Å²) in [5, 5.41) is 17.2. The first kappa shape index (κ1) is 17.0. The number of fused-ring (bicyclic) bond motifs is 1. The van der Waals surface area contributed by atoms with Crippen LogP contribution in [-0.2, 0) is 11.3 Å². The zero-order valence-electron chi connectivity index (χ0n) is 14.8. The monoisotopic (exact) mass is 352 g/mol. The van der Waals surface area contributed by atoms with Crippen molar-refractivity contribution in [2.45, 2.75) is 38.4 Å². The van der Waals surface area contributed by atoms with Crippen molar-refractivity contribution in [3.05, 3.63) is 48.2 Å². The number of benzene rings is 1. The van der Waals surface area contributed by atoms with Gasteiger partial charge in [0.05, 0.1) is 31.2 Å². The van der Waals surface area contributed by atoms with E-state index < -0.39 is 0 Å². The zero-order chi connectivity index (χ0) is 17.8. The molecule has 136 valence electrons. The van der Waals surface area contributed by atoms with Gasteiger partial charge >= 0.3 is 0 Å². The number of anilines is 1. The van der Waals surface area contributed by atoms with Crippen molar-refractivity contribution in [2.24, 2.45) is 0 Å². The van der Waals surface area contributed by atoms with Crippen molar-refractivity contribution < 1.29 is 9.84 Å². The van der Waals surface area contributed by atoms with E-state index in [0.717, 1.165) is 34.8 Å². The molecule has 0 spiro atoms. The van der Waals surface area contributed by atoms with Crippen LogP contribution in [0, 0.1) is 0 Å². The van der Waals surface area contributed by atoms with Gasteiger partial charge in [-0.25, -0.2) is 9.50 Å². The minimum absolute atomic E-state index is 0.0443. The lowest BCUT2D eigenvalue weighted by atomic mass is 10.1. The maximum atomic E-state index is 9.19. The van der Waals surface area contributed by atoms with Crippen LogP contribution in [-0.4, -0.2) is 39.0 Å². The van der Waals surface area contributed by atoms with Crippen molar-refractivity contribution in [3.8, 4) is 11.3 Å². The van der Waals surface area contributed by atoms with Crippen LogP contribution in [0.1, 0.15) is 31.2 Å². The lowest BCUT2D eigenvalue weighted by Crippen LogP contribution is -2.16. The maximum absolute atomic E-state index is 9.19. The predicted octanol–water partition coefficient (Wildman–Crippen LogP) is 3.26. The number of nitrogens with one attached hydrogen (secondary N) is 1. The molecule has 2 heterocycles. The molecule has 0 radical (unpaired) electrons. The number of imidazole rings is 1. The van der Waals surface area contributed by atoms with Crippen LogP contribution in [0.5, 0.6) is 0 Å². The van der Waals surface area contributed by atoms with E-state index in [2.05, 4.69) is 15.4 Å². The molecule has 1 aromatic carbocycles. The Kier molecular flexibility index (Phi) is 5.13. The normalized spacial score (nSPS) is 15.0. The SMILES string of the molecule is OCc1ccc(-c2cnc3ccc(NCCOC4CCCC4)nn23)cc1. The number of aromatic nitrogens is 3. The van der Waals surface area contributed by atoms with Gasteiger partial charge in [0, 0.05) is 12.1 Å². The summed E-state index contributed by atoms with van der Waals surface area (Å²) in [6.07, 6.45) is 7.23. The largest absolute Gasteiger partial charge is 0.392 e. The number of rotatable bonds is 7. The van der Waals surface area contributed by atoms with Gasteiger partial charge in [-0.2, -0.15) is 0 Å². The number of nitrogens with zero attached hydrogens (tertiary/aromatic N) is 3. The predicted molar refractivity (Wildman–Crippen MR) is 101 cm³/mol. The molecule has 0 aliphatic heterocycles. The van der Waals surface area contributed by atoms with E-state index in [4.69, 9.17) is 4.74 Å². The van der Waals surface area contributed by atoms with Gasteiger partial charge in [0.2, 0.25) is 0 Å². The molecule has 26 heavy (non-hydrogen) atoms. The molecule has 0 amide bonds. The van der Waals surface area contributed by atoms with Gasteiger partial charge in [-0.3, -0.25) is 0 Å². The first-order valence-corrected chi connectivity index (χ1v) is 9.24. The maximum Gasteiger partial charge on any atom is 0.154 e. The van der Waals surface area contributed by atoms with Crippen LogP contribution in [0.4, 0.5) is 5.82 Å². The fourth-order valence-electron chi connectivity index (χ4n) is 3.41. The van der Waals surface area contributed by atoms with E-state index in [1.807, 2.05) is 47.1 Å². The molecule has 1 fully saturated rings. The Labute approximate surface area is 152 Å². The number of ether oxygens (including phenoxy) is 1. The van der Waals surface area contributed by atoms with Crippen LogP contribution >= 0.6 is 0 Å². The lowest BCUT2D eigenvalue weighted by molar-refractivity contribution is 0.0658. The van der Waals surface area contributed by atoms with Crippen LogP contribution < -0.4 is 5.32 Å². The topological polar surface area (TPSA) is 71.7 Å². The minimum atomic E-state index is 0.0443. The van der Waals surface area contributed by atoms with Crippen LogP contribution in [0.15, 0.2) is 42.6 Å². The molecule has 0 unspecified atom stereocenters. The summed E-state index contributed by atoms with van der Waals surface area (Å²) in [5.41, 5.74) is 3.64. The highest BCUT2D eigenvalue weighted by Gasteiger charge is 2.14. The third-order valence-electron chi connectivity index (χ3n) is 4.86. The van der Waals surface area contributed by atoms with Crippen LogP contribution in [0.25, 0.3) is 16.9 Å². The minimum Gasteiger partial charge on any atom is -0.392 e. The second kappa shape index (κ2) is 7.85. The van der Waals surface area contributed by atoms with Crippen molar-refractivity contribution in [2.75, 3.05) is 18.5 Å². The Balaban J connectivity index is 1.45. The van der Waals surface area contributed by atoms with Crippen LogP contribution in [0.3, 0.4) is 0 Å². The average Bonchev–Trinajstić information content (AvgIpc) is 3.35. The number of hydrogen-bond acceptors (Lipinski definition) is 5. The molecule has 1 aliphatic rings. The highest BCUT2D eigenvalue weighted by Crippen LogP contribution is 2.22. The molecule has 2 N–H and O–H groups in total.